The fraction of sp³-hybridized carbons (Fsp3) is 0.267. The standard InChI is InChI=1S/C15H14BrN3O2/c16-11-7-17-13(18-8-11)9-19-15(20)14-12-4-2-1-3-10(12)5-6-21-14/h1-4,7-8,14H,5-6,9H2,(H,19,20). The molecule has 1 unspecified atom stereocenters. The molecule has 0 aliphatic carbocycles. The van der Waals surface area contributed by atoms with Crippen molar-refractivity contribution in [2.45, 2.75) is 19.1 Å². The molecule has 1 N–H and O–H groups in total. The topological polar surface area (TPSA) is 64.1 Å². The van der Waals surface area contributed by atoms with Crippen LogP contribution in [0.2, 0.25) is 0 Å². The Morgan fingerprint density at radius 3 is 2.90 bits per heavy atom. The summed E-state index contributed by atoms with van der Waals surface area (Å²) in [5.74, 6) is 0.407. The second-order valence-electron chi connectivity index (χ2n) is 4.73. The van der Waals surface area contributed by atoms with Crippen LogP contribution in [-0.4, -0.2) is 22.5 Å². The molecule has 0 spiro atoms. The van der Waals surface area contributed by atoms with Gasteiger partial charge in [-0.1, -0.05) is 24.3 Å². The number of amides is 1. The minimum atomic E-state index is -0.551. The number of hydrogen-bond acceptors (Lipinski definition) is 4. The van der Waals surface area contributed by atoms with Gasteiger partial charge in [0.15, 0.2) is 6.10 Å². The highest BCUT2D eigenvalue weighted by Crippen LogP contribution is 2.26. The Morgan fingerprint density at radius 1 is 1.33 bits per heavy atom. The van der Waals surface area contributed by atoms with Crippen molar-refractivity contribution in [1.29, 1.82) is 0 Å². The molecule has 1 atom stereocenters. The molecule has 0 saturated heterocycles. The van der Waals surface area contributed by atoms with Gasteiger partial charge in [-0.3, -0.25) is 4.79 Å². The molecule has 1 aliphatic heterocycles. The van der Waals surface area contributed by atoms with Crippen LogP contribution in [0.25, 0.3) is 0 Å². The fourth-order valence-corrected chi connectivity index (χ4v) is 2.51. The first-order valence-electron chi connectivity index (χ1n) is 6.67. The molecule has 6 heteroatoms. The largest absolute Gasteiger partial charge is 0.363 e. The highest BCUT2D eigenvalue weighted by molar-refractivity contribution is 9.10. The Kier molecular flexibility index (Phi) is 4.26. The molecule has 1 aromatic carbocycles. The lowest BCUT2D eigenvalue weighted by atomic mass is 9.97. The summed E-state index contributed by atoms with van der Waals surface area (Å²) in [6, 6.07) is 7.88. The average Bonchev–Trinajstić information content (AvgIpc) is 2.53. The van der Waals surface area contributed by atoms with Gasteiger partial charge in [0, 0.05) is 12.4 Å². The van der Waals surface area contributed by atoms with E-state index in [0.29, 0.717) is 12.4 Å². The van der Waals surface area contributed by atoms with Crippen molar-refractivity contribution < 1.29 is 9.53 Å². The van der Waals surface area contributed by atoms with E-state index in [1.54, 1.807) is 12.4 Å². The second-order valence-corrected chi connectivity index (χ2v) is 5.65. The van der Waals surface area contributed by atoms with Gasteiger partial charge in [-0.15, -0.1) is 0 Å². The van der Waals surface area contributed by atoms with Crippen LogP contribution in [0.4, 0.5) is 0 Å². The van der Waals surface area contributed by atoms with Crippen LogP contribution in [0.1, 0.15) is 23.1 Å². The number of carbonyl (C=O) groups excluding carboxylic acids is 1. The van der Waals surface area contributed by atoms with Crippen molar-refractivity contribution >= 4 is 21.8 Å². The van der Waals surface area contributed by atoms with Crippen molar-refractivity contribution in [1.82, 2.24) is 15.3 Å². The van der Waals surface area contributed by atoms with E-state index in [1.165, 1.54) is 5.56 Å². The summed E-state index contributed by atoms with van der Waals surface area (Å²) in [4.78, 5) is 20.6. The molecule has 2 heterocycles. The number of nitrogens with one attached hydrogen (secondary N) is 1. The molecule has 0 bridgehead atoms. The number of rotatable bonds is 3. The number of fused-ring (bicyclic) bond motifs is 1. The van der Waals surface area contributed by atoms with Gasteiger partial charge < -0.3 is 10.1 Å². The second kappa shape index (κ2) is 6.32. The van der Waals surface area contributed by atoms with E-state index in [-0.39, 0.29) is 12.5 Å². The summed E-state index contributed by atoms with van der Waals surface area (Å²) >= 11 is 3.27. The molecule has 21 heavy (non-hydrogen) atoms. The number of nitrogens with zero attached hydrogens (tertiary/aromatic N) is 2. The maximum Gasteiger partial charge on any atom is 0.254 e. The molecule has 2 aromatic rings. The summed E-state index contributed by atoms with van der Waals surface area (Å²) < 4.78 is 6.42. The van der Waals surface area contributed by atoms with E-state index in [9.17, 15) is 4.79 Å². The predicted molar refractivity (Wildman–Crippen MR) is 80.4 cm³/mol. The van der Waals surface area contributed by atoms with Crippen LogP contribution in [0.15, 0.2) is 41.1 Å². The first-order valence-corrected chi connectivity index (χ1v) is 7.47. The predicted octanol–water partition coefficient (Wildman–Crippen LogP) is 2.17. The normalized spacial score (nSPS) is 17.1. The van der Waals surface area contributed by atoms with E-state index in [2.05, 4.69) is 31.2 Å². The van der Waals surface area contributed by atoms with Crippen LogP contribution in [0.5, 0.6) is 0 Å². The van der Waals surface area contributed by atoms with Crippen molar-refractivity contribution in [3.63, 3.8) is 0 Å². The summed E-state index contributed by atoms with van der Waals surface area (Å²) in [6.07, 6.45) is 3.60. The van der Waals surface area contributed by atoms with Gasteiger partial charge in [-0.25, -0.2) is 9.97 Å². The van der Waals surface area contributed by atoms with E-state index >= 15 is 0 Å². The summed E-state index contributed by atoms with van der Waals surface area (Å²) in [6.45, 7) is 0.845. The number of carbonyl (C=O) groups is 1. The molecule has 1 aliphatic rings. The van der Waals surface area contributed by atoms with Gasteiger partial charge in [0.1, 0.15) is 5.82 Å². The Bertz CT molecular complexity index is 646. The lowest BCUT2D eigenvalue weighted by Crippen LogP contribution is -2.33. The van der Waals surface area contributed by atoms with Crippen LogP contribution in [0.3, 0.4) is 0 Å². The minimum Gasteiger partial charge on any atom is -0.363 e. The number of aromatic nitrogens is 2. The Morgan fingerprint density at radius 2 is 2.10 bits per heavy atom. The van der Waals surface area contributed by atoms with Gasteiger partial charge in [0.2, 0.25) is 0 Å². The van der Waals surface area contributed by atoms with Crippen molar-refractivity contribution in [2.75, 3.05) is 6.61 Å². The van der Waals surface area contributed by atoms with Crippen LogP contribution >= 0.6 is 15.9 Å². The molecule has 1 aromatic heterocycles. The van der Waals surface area contributed by atoms with Gasteiger partial charge in [0.05, 0.1) is 17.6 Å². The van der Waals surface area contributed by atoms with Crippen LogP contribution in [-0.2, 0) is 22.5 Å². The monoisotopic (exact) mass is 347 g/mol. The molecule has 0 saturated carbocycles. The Hall–Kier alpha value is -1.79. The van der Waals surface area contributed by atoms with Gasteiger partial charge in [-0.2, -0.15) is 0 Å². The number of hydrogen-bond donors (Lipinski definition) is 1. The van der Waals surface area contributed by atoms with Gasteiger partial charge in [-0.05, 0) is 33.5 Å². The zero-order chi connectivity index (χ0) is 14.7. The smallest absolute Gasteiger partial charge is 0.254 e. The van der Waals surface area contributed by atoms with E-state index in [4.69, 9.17) is 4.74 Å². The van der Waals surface area contributed by atoms with Gasteiger partial charge >= 0.3 is 0 Å². The first-order chi connectivity index (χ1) is 10.2. The Labute approximate surface area is 130 Å². The van der Waals surface area contributed by atoms with Crippen LogP contribution < -0.4 is 5.32 Å². The van der Waals surface area contributed by atoms with E-state index < -0.39 is 6.10 Å². The van der Waals surface area contributed by atoms with E-state index in [0.717, 1.165) is 16.5 Å². The molecule has 108 valence electrons. The number of benzene rings is 1. The molecule has 5 nitrogen and oxygen atoms in total. The molecule has 0 fully saturated rings. The van der Waals surface area contributed by atoms with Gasteiger partial charge in [0.25, 0.3) is 5.91 Å². The van der Waals surface area contributed by atoms with E-state index in [1.807, 2.05) is 24.3 Å². The molecule has 0 radical (unpaired) electrons. The molecular weight excluding hydrogens is 334 g/mol. The quantitative estimate of drug-likeness (QED) is 0.924. The van der Waals surface area contributed by atoms with Crippen molar-refractivity contribution in [3.8, 4) is 0 Å². The van der Waals surface area contributed by atoms with Crippen molar-refractivity contribution in [2.24, 2.45) is 0 Å². The van der Waals surface area contributed by atoms with Crippen LogP contribution in [0, 0.1) is 0 Å². The Balaban J connectivity index is 1.68. The SMILES string of the molecule is O=C(NCc1ncc(Br)cn1)C1OCCc2ccccc21. The third-order valence-corrected chi connectivity index (χ3v) is 3.74. The average molecular weight is 348 g/mol. The zero-order valence-corrected chi connectivity index (χ0v) is 12.8. The molecule has 1 amide bonds. The summed E-state index contributed by atoms with van der Waals surface area (Å²) in [7, 11) is 0. The number of ether oxygens (including phenoxy) is 1. The molecule has 3 rings (SSSR count). The third kappa shape index (κ3) is 3.28. The summed E-state index contributed by atoms with van der Waals surface area (Å²) in [5, 5.41) is 2.82. The fourth-order valence-electron chi connectivity index (χ4n) is 2.30. The highest BCUT2D eigenvalue weighted by Gasteiger charge is 2.26. The lowest BCUT2D eigenvalue weighted by molar-refractivity contribution is -0.134. The molecular formula is C15H14BrN3O2. The lowest BCUT2D eigenvalue weighted by Gasteiger charge is -2.25. The maximum absolute atomic E-state index is 12.3. The summed E-state index contributed by atoms with van der Waals surface area (Å²) in [5.41, 5.74) is 2.11. The maximum atomic E-state index is 12.3. The zero-order valence-electron chi connectivity index (χ0n) is 11.3. The minimum absolute atomic E-state index is 0.159. The number of halogens is 1. The first kappa shape index (κ1) is 14.2. The third-order valence-electron chi connectivity index (χ3n) is 3.33. The highest BCUT2D eigenvalue weighted by atomic mass is 79.9. The van der Waals surface area contributed by atoms with Crippen molar-refractivity contribution in [3.05, 3.63) is 58.1 Å².